The van der Waals surface area contributed by atoms with Gasteiger partial charge in [-0.05, 0) is 44.0 Å². The van der Waals surface area contributed by atoms with Crippen molar-refractivity contribution in [3.63, 3.8) is 0 Å². The third-order valence-corrected chi connectivity index (χ3v) is 4.19. The van der Waals surface area contributed by atoms with E-state index >= 15 is 0 Å². The first-order chi connectivity index (χ1) is 12.1. The molecule has 1 atom stereocenters. The Morgan fingerprint density at radius 2 is 1.84 bits per heavy atom. The minimum atomic E-state index is -0.867. The molecule has 130 valence electrons. The molecule has 1 aliphatic heterocycles. The number of ether oxygens (including phenoxy) is 2. The molecule has 0 saturated heterocycles. The van der Waals surface area contributed by atoms with E-state index in [-0.39, 0.29) is 5.91 Å². The van der Waals surface area contributed by atoms with Gasteiger partial charge in [0.1, 0.15) is 11.3 Å². The number of anilines is 1. The van der Waals surface area contributed by atoms with Gasteiger partial charge >= 0.3 is 5.97 Å². The number of para-hydroxylation sites is 2. The number of hydrogen-bond acceptors (Lipinski definition) is 4. The predicted molar refractivity (Wildman–Crippen MR) is 95.0 cm³/mol. The molecule has 0 aliphatic carbocycles. The van der Waals surface area contributed by atoms with Crippen molar-refractivity contribution in [1.29, 1.82) is 0 Å². The molecule has 5 heteroatoms. The van der Waals surface area contributed by atoms with Gasteiger partial charge in [0.2, 0.25) is 0 Å². The molecule has 0 radical (unpaired) electrons. The van der Waals surface area contributed by atoms with Crippen LogP contribution in [0.3, 0.4) is 0 Å². The molecular weight excluding hydrogens is 318 g/mol. The molecule has 0 fully saturated rings. The van der Waals surface area contributed by atoms with E-state index in [1.165, 1.54) is 0 Å². The summed E-state index contributed by atoms with van der Waals surface area (Å²) in [6.45, 7) is 4.50. The third-order valence-electron chi connectivity index (χ3n) is 4.19. The Kier molecular flexibility index (Phi) is 5.03. The van der Waals surface area contributed by atoms with Crippen molar-refractivity contribution in [3.8, 4) is 5.75 Å². The van der Waals surface area contributed by atoms with E-state index in [4.69, 9.17) is 9.47 Å². The van der Waals surface area contributed by atoms with Crippen LogP contribution in [0.2, 0.25) is 0 Å². The highest BCUT2D eigenvalue weighted by Gasteiger charge is 2.30. The SMILES string of the molecule is CCOc1ccccc1C(=O)OC(C)C(=O)N1CCc2ccccc21. The lowest BCUT2D eigenvalue weighted by molar-refractivity contribution is -0.126. The number of fused-ring (bicyclic) bond motifs is 1. The van der Waals surface area contributed by atoms with Gasteiger partial charge in [0, 0.05) is 12.2 Å². The number of amides is 1. The minimum Gasteiger partial charge on any atom is -0.493 e. The summed E-state index contributed by atoms with van der Waals surface area (Å²) in [7, 11) is 0. The molecule has 1 aliphatic rings. The summed E-state index contributed by atoms with van der Waals surface area (Å²) in [5, 5.41) is 0. The number of carbonyl (C=O) groups excluding carboxylic acids is 2. The van der Waals surface area contributed by atoms with Crippen LogP contribution in [0.25, 0.3) is 0 Å². The van der Waals surface area contributed by atoms with Crippen molar-refractivity contribution < 1.29 is 19.1 Å². The van der Waals surface area contributed by atoms with Crippen LogP contribution in [0.5, 0.6) is 5.75 Å². The van der Waals surface area contributed by atoms with Crippen LogP contribution < -0.4 is 9.64 Å². The molecule has 5 nitrogen and oxygen atoms in total. The van der Waals surface area contributed by atoms with E-state index in [2.05, 4.69) is 0 Å². The summed E-state index contributed by atoms with van der Waals surface area (Å²) < 4.78 is 10.9. The fraction of sp³-hybridized carbons (Fsp3) is 0.300. The lowest BCUT2D eigenvalue weighted by atomic mass is 10.2. The standard InChI is InChI=1S/C20H21NO4/c1-3-24-18-11-7-5-9-16(18)20(23)25-14(2)19(22)21-13-12-15-8-4-6-10-17(15)21/h4-11,14H,3,12-13H2,1-2H3. The highest BCUT2D eigenvalue weighted by molar-refractivity contribution is 6.00. The molecule has 2 aromatic carbocycles. The highest BCUT2D eigenvalue weighted by Crippen LogP contribution is 2.28. The molecule has 0 spiro atoms. The third kappa shape index (κ3) is 3.50. The lowest BCUT2D eigenvalue weighted by Gasteiger charge is -2.22. The van der Waals surface area contributed by atoms with Crippen LogP contribution in [-0.2, 0) is 16.0 Å². The number of nitrogens with zero attached hydrogens (tertiary/aromatic N) is 1. The zero-order valence-electron chi connectivity index (χ0n) is 14.4. The fourth-order valence-corrected chi connectivity index (χ4v) is 2.98. The Morgan fingerprint density at radius 1 is 1.12 bits per heavy atom. The second kappa shape index (κ2) is 7.38. The van der Waals surface area contributed by atoms with Gasteiger partial charge in [-0.15, -0.1) is 0 Å². The molecule has 1 amide bonds. The normalized spacial score (nSPS) is 13.9. The summed E-state index contributed by atoms with van der Waals surface area (Å²) in [5.74, 6) is -0.314. The van der Waals surface area contributed by atoms with E-state index in [9.17, 15) is 9.59 Å². The van der Waals surface area contributed by atoms with E-state index in [0.29, 0.717) is 24.5 Å². The molecule has 0 N–H and O–H groups in total. The number of hydrogen-bond donors (Lipinski definition) is 0. The second-order valence-corrected chi connectivity index (χ2v) is 5.85. The van der Waals surface area contributed by atoms with Crippen molar-refractivity contribution in [3.05, 3.63) is 59.7 Å². The maximum absolute atomic E-state index is 12.7. The van der Waals surface area contributed by atoms with Crippen LogP contribution in [0.15, 0.2) is 48.5 Å². The van der Waals surface area contributed by atoms with Gasteiger partial charge in [-0.3, -0.25) is 4.79 Å². The Labute approximate surface area is 147 Å². The molecule has 0 saturated carbocycles. The van der Waals surface area contributed by atoms with Crippen LogP contribution >= 0.6 is 0 Å². The monoisotopic (exact) mass is 339 g/mol. The van der Waals surface area contributed by atoms with Crippen LogP contribution in [0, 0.1) is 0 Å². The smallest absolute Gasteiger partial charge is 0.342 e. The summed E-state index contributed by atoms with van der Waals surface area (Å²) in [5.41, 5.74) is 2.35. The quantitative estimate of drug-likeness (QED) is 0.785. The maximum Gasteiger partial charge on any atom is 0.342 e. The fourth-order valence-electron chi connectivity index (χ4n) is 2.98. The van der Waals surface area contributed by atoms with Crippen molar-refractivity contribution in [2.45, 2.75) is 26.4 Å². The first-order valence-corrected chi connectivity index (χ1v) is 8.44. The number of carbonyl (C=O) groups is 2. The van der Waals surface area contributed by atoms with Gasteiger partial charge in [0.05, 0.1) is 6.61 Å². The number of benzene rings is 2. The first-order valence-electron chi connectivity index (χ1n) is 8.44. The van der Waals surface area contributed by atoms with Gasteiger partial charge in [-0.2, -0.15) is 0 Å². The van der Waals surface area contributed by atoms with Crippen LogP contribution in [0.4, 0.5) is 5.69 Å². The summed E-state index contributed by atoms with van der Waals surface area (Å²) in [6, 6.07) is 14.7. The first kappa shape index (κ1) is 17.0. The van der Waals surface area contributed by atoms with E-state index < -0.39 is 12.1 Å². The Morgan fingerprint density at radius 3 is 2.64 bits per heavy atom. The van der Waals surface area contributed by atoms with Gasteiger partial charge in [-0.1, -0.05) is 30.3 Å². The zero-order valence-corrected chi connectivity index (χ0v) is 14.4. The highest BCUT2D eigenvalue weighted by atomic mass is 16.5. The average molecular weight is 339 g/mol. The Balaban J connectivity index is 1.71. The van der Waals surface area contributed by atoms with Crippen molar-refractivity contribution in [1.82, 2.24) is 0 Å². The minimum absolute atomic E-state index is 0.216. The van der Waals surface area contributed by atoms with Crippen molar-refractivity contribution in [2.75, 3.05) is 18.1 Å². The molecule has 25 heavy (non-hydrogen) atoms. The summed E-state index contributed by atoms with van der Waals surface area (Å²) in [4.78, 5) is 26.8. The Hall–Kier alpha value is -2.82. The van der Waals surface area contributed by atoms with Crippen LogP contribution in [0.1, 0.15) is 29.8 Å². The van der Waals surface area contributed by atoms with Crippen LogP contribution in [-0.4, -0.2) is 31.1 Å². The molecule has 1 unspecified atom stereocenters. The lowest BCUT2D eigenvalue weighted by Crippen LogP contribution is -2.39. The maximum atomic E-state index is 12.7. The topological polar surface area (TPSA) is 55.8 Å². The van der Waals surface area contributed by atoms with E-state index in [1.54, 1.807) is 36.1 Å². The van der Waals surface area contributed by atoms with Crippen molar-refractivity contribution >= 4 is 17.6 Å². The number of rotatable bonds is 5. The molecule has 0 aromatic heterocycles. The second-order valence-electron chi connectivity index (χ2n) is 5.85. The van der Waals surface area contributed by atoms with E-state index in [1.807, 2.05) is 31.2 Å². The Bertz CT molecular complexity index is 787. The van der Waals surface area contributed by atoms with Gasteiger partial charge in [-0.25, -0.2) is 4.79 Å². The zero-order chi connectivity index (χ0) is 17.8. The average Bonchev–Trinajstić information content (AvgIpc) is 3.05. The molecular formula is C20H21NO4. The summed E-state index contributed by atoms with van der Waals surface area (Å²) >= 11 is 0. The van der Waals surface area contributed by atoms with Gasteiger partial charge in [0.25, 0.3) is 5.91 Å². The molecule has 0 bridgehead atoms. The van der Waals surface area contributed by atoms with Gasteiger partial charge < -0.3 is 14.4 Å². The largest absolute Gasteiger partial charge is 0.493 e. The van der Waals surface area contributed by atoms with Crippen molar-refractivity contribution in [2.24, 2.45) is 0 Å². The number of esters is 1. The molecule has 2 aromatic rings. The summed E-state index contributed by atoms with van der Waals surface area (Å²) in [6.07, 6.45) is -0.0520. The molecule has 1 heterocycles. The van der Waals surface area contributed by atoms with Gasteiger partial charge in [0.15, 0.2) is 6.10 Å². The van der Waals surface area contributed by atoms with E-state index in [0.717, 1.165) is 17.7 Å². The molecule has 3 rings (SSSR count). The predicted octanol–water partition coefficient (Wildman–Crippen LogP) is 3.22.